The lowest BCUT2D eigenvalue weighted by Crippen LogP contribution is -2.33. The molecular formula is C25H34N4O4. The van der Waals surface area contributed by atoms with E-state index in [1.165, 1.54) is 19.6 Å². The molecule has 2 aromatic rings. The number of hydrogen-bond acceptors (Lipinski definition) is 6. The molecule has 0 bridgehead atoms. The molecule has 1 aliphatic carbocycles. The standard InChI is InChI=1S/C25H34N4O4/c1-27-17-20(16-26-27)9-6-14-33-22-15-23(30)29-13-12-28(18-19-7-4-3-5-8-19)11-10-21(29)24(22)25(31)32-2/h3-4,15-17,19H,5-14,18H2,1-2H3. The third-order valence-corrected chi connectivity index (χ3v) is 6.60. The predicted molar refractivity (Wildman–Crippen MR) is 126 cm³/mol. The summed E-state index contributed by atoms with van der Waals surface area (Å²) in [4.78, 5) is 28.1. The molecule has 0 fully saturated rings. The summed E-state index contributed by atoms with van der Waals surface area (Å²) in [5.74, 6) is 0.536. The van der Waals surface area contributed by atoms with Crippen LogP contribution in [-0.2, 0) is 31.2 Å². The number of esters is 1. The fraction of sp³-hybridized carbons (Fsp3) is 0.560. The normalized spacial score (nSPS) is 18.5. The van der Waals surface area contributed by atoms with Gasteiger partial charge in [0.25, 0.3) is 5.56 Å². The van der Waals surface area contributed by atoms with E-state index in [9.17, 15) is 9.59 Å². The summed E-state index contributed by atoms with van der Waals surface area (Å²) in [5.41, 5.74) is 2.12. The van der Waals surface area contributed by atoms with Crippen LogP contribution < -0.4 is 10.3 Å². The van der Waals surface area contributed by atoms with Crippen molar-refractivity contribution in [1.29, 1.82) is 0 Å². The molecule has 0 amide bonds. The maximum absolute atomic E-state index is 12.9. The third-order valence-electron chi connectivity index (χ3n) is 6.60. The van der Waals surface area contributed by atoms with E-state index in [2.05, 4.69) is 22.2 Å². The Morgan fingerprint density at radius 2 is 2.12 bits per heavy atom. The number of methoxy groups -OCH3 is 1. The van der Waals surface area contributed by atoms with E-state index in [0.29, 0.717) is 36.8 Å². The van der Waals surface area contributed by atoms with Crippen LogP contribution in [0, 0.1) is 5.92 Å². The number of carbonyl (C=O) groups excluding carboxylic acids is 1. The highest BCUT2D eigenvalue weighted by Gasteiger charge is 2.27. The van der Waals surface area contributed by atoms with Crippen LogP contribution in [0.1, 0.15) is 47.3 Å². The topological polar surface area (TPSA) is 78.6 Å². The second-order valence-corrected chi connectivity index (χ2v) is 8.99. The first kappa shape index (κ1) is 23.3. The van der Waals surface area contributed by atoms with Gasteiger partial charge in [0.05, 0.1) is 19.9 Å². The highest BCUT2D eigenvalue weighted by Crippen LogP contribution is 2.25. The summed E-state index contributed by atoms with van der Waals surface area (Å²) >= 11 is 0. The fourth-order valence-electron chi connectivity index (χ4n) is 4.86. The van der Waals surface area contributed by atoms with E-state index in [1.54, 1.807) is 9.25 Å². The summed E-state index contributed by atoms with van der Waals surface area (Å²) in [6, 6.07) is 1.45. The molecule has 33 heavy (non-hydrogen) atoms. The quantitative estimate of drug-likeness (QED) is 0.347. The van der Waals surface area contributed by atoms with Crippen LogP contribution in [-0.4, -0.2) is 58.6 Å². The Kier molecular flexibility index (Phi) is 7.65. The minimum absolute atomic E-state index is 0.123. The zero-order valence-corrected chi connectivity index (χ0v) is 19.7. The number of aryl methyl sites for hydroxylation is 2. The molecule has 0 spiro atoms. The van der Waals surface area contributed by atoms with Crippen molar-refractivity contribution in [2.45, 2.75) is 45.1 Å². The number of carbonyl (C=O) groups is 1. The second-order valence-electron chi connectivity index (χ2n) is 8.99. The Bertz CT molecular complexity index is 1060. The van der Waals surface area contributed by atoms with Crippen LogP contribution in [0.4, 0.5) is 0 Å². The van der Waals surface area contributed by atoms with Gasteiger partial charge >= 0.3 is 5.97 Å². The van der Waals surface area contributed by atoms with Gasteiger partial charge in [-0.15, -0.1) is 0 Å². The van der Waals surface area contributed by atoms with E-state index < -0.39 is 5.97 Å². The van der Waals surface area contributed by atoms with Crippen molar-refractivity contribution < 1.29 is 14.3 Å². The monoisotopic (exact) mass is 454 g/mol. The summed E-state index contributed by atoms with van der Waals surface area (Å²) in [6.07, 6.45) is 14.0. The lowest BCUT2D eigenvalue weighted by atomic mass is 9.94. The largest absolute Gasteiger partial charge is 0.492 e. The average molecular weight is 455 g/mol. The van der Waals surface area contributed by atoms with Crippen molar-refractivity contribution in [3.8, 4) is 5.75 Å². The number of nitrogens with zero attached hydrogens (tertiary/aromatic N) is 4. The molecular weight excluding hydrogens is 420 g/mol. The molecule has 0 N–H and O–H groups in total. The molecule has 8 nitrogen and oxygen atoms in total. The SMILES string of the molecule is COC(=O)c1c(OCCCc2cnn(C)c2)cc(=O)n2c1CCN(CC1CC=CCC1)CC2. The Labute approximate surface area is 194 Å². The van der Waals surface area contributed by atoms with Crippen LogP contribution in [0.2, 0.25) is 0 Å². The van der Waals surface area contributed by atoms with Crippen LogP contribution in [0.15, 0.2) is 35.4 Å². The molecule has 2 aromatic heterocycles. The molecule has 0 radical (unpaired) electrons. The molecule has 1 atom stereocenters. The molecule has 0 saturated carbocycles. The van der Waals surface area contributed by atoms with Crippen molar-refractivity contribution in [2.24, 2.45) is 13.0 Å². The maximum Gasteiger partial charge on any atom is 0.343 e. The molecule has 8 heteroatoms. The van der Waals surface area contributed by atoms with E-state index in [1.807, 2.05) is 19.4 Å². The van der Waals surface area contributed by atoms with E-state index in [0.717, 1.165) is 56.6 Å². The van der Waals surface area contributed by atoms with E-state index >= 15 is 0 Å². The molecule has 4 rings (SSSR count). The average Bonchev–Trinajstić information content (AvgIpc) is 3.12. The summed E-state index contributed by atoms with van der Waals surface area (Å²) in [5, 5.41) is 4.18. The lowest BCUT2D eigenvalue weighted by Gasteiger charge is -2.26. The molecule has 1 aliphatic heterocycles. The maximum atomic E-state index is 12.9. The first-order valence-corrected chi connectivity index (χ1v) is 11.9. The van der Waals surface area contributed by atoms with Gasteiger partial charge in [0.15, 0.2) is 0 Å². The fourth-order valence-corrected chi connectivity index (χ4v) is 4.86. The number of pyridine rings is 1. The highest BCUT2D eigenvalue weighted by atomic mass is 16.5. The molecule has 2 aliphatic rings. The van der Waals surface area contributed by atoms with Crippen LogP contribution in [0.3, 0.4) is 0 Å². The van der Waals surface area contributed by atoms with Gasteiger partial charge < -0.3 is 18.9 Å². The van der Waals surface area contributed by atoms with Crippen LogP contribution >= 0.6 is 0 Å². The van der Waals surface area contributed by atoms with Crippen LogP contribution in [0.25, 0.3) is 0 Å². The minimum Gasteiger partial charge on any atom is -0.492 e. The van der Waals surface area contributed by atoms with Gasteiger partial charge in [0.2, 0.25) is 0 Å². The number of aromatic nitrogens is 3. The van der Waals surface area contributed by atoms with E-state index in [4.69, 9.17) is 9.47 Å². The molecule has 1 unspecified atom stereocenters. The van der Waals surface area contributed by atoms with Crippen molar-refractivity contribution in [1.82, 2.24) is 19.2 Å². The minimum atomic E-state index is -0.452. The van der Waals surface area contributed by atoms with E-state index in [-0.39, 0.29) is 5.56 Å². The number of fused-ring (bicyclic) bond motifs is 1. The number of allylic oxidation sites excluding steroid dienone is 2. The summed E-state index contributed by atoms with van der Waals surface area (Å²) < 4.78 is 14.5. The van der Waals surface area contributed by atoms with Crippen molar-refractivity contribution in [3.63, 3.8) is 0 Å². The van der Waals surface area contributed by atoms with Gasteiger partial charge in [0.1, 0.15) is 11.3 Å². The Balaban J connectivity index is 1.47. The van der Waals surface area contributed by atoms with Gasteiger partial charge in [0, 0.05) is 57.6 Å². The zero-order valence-electron chi connectivity index (χ0n) is 19.7. The molecule has 178 valence electrons. The van der Waals surface area contributed by atoms with Gasteiger partial charge in [-0.3, -0.25) is 9.48 Å². The summed E-state index contributed by atoms with van der Waals surface area (Å²) in [7, 11) is 3.26. The number of rotatable bonds is 8. The van der Waals surface area contributed by atoms with Gasteiger partial charge in [-0.1, -0.05) is 12.2 Å². The van der Waals surface area contributed by atoms with Gasteiger partial charge in [-0.2, -0.15) is 5.10 Å². The smallest absolute Gasteiger partial charge is 0.343 e. The first-order chi connectivity index (χ1) is 16.0. The molecule has 0 saturated heterocycles. The predicted octanol–water partition coefficient (Wildman–Crippen LogP) is 2.59. The molecule has 3 heterocycles. The first-order valence-electron chi connectivity index (χ1n) is 11.9. The second kappa shape index (κ2) is 10.8. The number of hydrogen-bond donors (Lipinski definition) is 0. The third kappa shape index (κ3) is 5.74. The van der Waals surface area contributed by atoms with Gasteiger partial charge in [-0.25, -0.2) is 4.79 Å². The summed E-state index contributed by atoms with van der Waals surface area (Å²) in [6.45, 7) is 3.62. The molecule has 0 aromatic carbocycles. The van der Waals surface area contributed by atoms with Crippen LogP contribution in [0.5, 0.6) is 5.75 Å². The van der Waals surface area contributed by atoms with Gasteiger partial charge in [-0.05, 0) is 43.6 Å². The van der Waals surface area contributed by atoms with Crippen molar-refractivity contribution >= 4 is 5.97 Å². The Morgan fingerprint density at radius 3 is 2.85 bits per heavy atom. The zero-order chi connectivity index (χ0) is 23.2. The van der Waals surface area contributed by atoms with Crippen molar-refractivity contribution in [2.75, 3.05) is 33.4 Å². The lowest BCUT2D eigenvalue weighted by molar-refractivity contribution is 0.0593. The number of ether oxygens (including phenoxy) is 2. The Morgan fingerprint density at radius 1 is 1.24 bits per heavy atom. The highest BCUT2D eigenvalue weighted by molar-refractivity contribution is 5.93. The Hall–Kier alpha value is -2.87. The van der Waals surface area contributed by atoms with Crippen molar-refractivity contribution in [3.05, 3.63) is 57.8 Å².